The van der Waals surface area contributed by atoms with Gasteiger partial charge in [-0.25, -0.2) is 4.79 Å². The van der Waals surface area contributed by atoms with Crippen molar-refractivity contribution in [1.29, 1.82) is 0 Å². The zero-order valence-corrected chi connectivity index (χ0v) is 15.4. The molecule has 0 aliphatic rings. The Labute approximate surface area is 162 Å². The number of carboxylic acid groups (broad SMARTS) is 1. The molecule has 134 valence electrons. The van der Waals surface area contributed by atoms with E-state index in [0.717, 1.165) is 28.6 Å². The lowest BCUT2D eigenvalue weighted by Gasteiger charge is -2.12. The zero-order chi connectivity index (χ0) is 18.8. The summed E-state index contributed by atoms with van der Waals surface area (Å²) < 4.78 is 2.22. The number of halogens is 1. The SMILES string of the molecule is O=C(O)c1cc(Cl)ccc1Cc1cccc2ccn(Cc3ccccc3)c12. The van der Waals surface area contributed by atoms with Crippen molar-refractivity contribution in [3.63, 3.8) is 0 Å². The highest BCUT2D eigenvalue weighted by molar-refractivity contribution is 6.31. The fraction of sp³-hybridized carbons (Fsp3) is 0.0870. The van der Waals surface area contributed by atoms with Gasteiger partial charge in [0.15, 0.2) is 0 Å². The van der Waals surface area contributed by atoms with E-state index in [1.54, 1.807) is 12.1 Å². The van der Waals surface area contributed by atoms with Crippen molar-refractivity contribution in [2.75, 3.05) is 0 Å². The van der Waals surface area contributed by atoms with E-state index in [4.69, 9.17) is 11.6 Å². The molecule has 1 N–H and O–H groups in total. The highest BCUT2D eigenvalue weighted by atomic mass is 35.5. The van der Waals surface area contributed by atoms with Crippen LogP contribution in [0.5, 0.6) is 0 Å². The molecule has 0 spiro atoms. The summed E-state index contributed by atoms with van der Waals surface area (Å²) in [5.41, 5.74) is 4.46. The molecule has 0 unspecified atom stereocenters. The molecule has 0 radical (unpaired) electrons. The highest BCUT2D eigenvalue weighted by Gasteiger charge is 2.14. The Morgan fingerprint density at radius 2 is 1.74 bits per heavy atom. The van der Waals surface area contributed by atoms with Gasteiger partial charge >= 0.3 is 5.97 Å². The largest absolute Gasteiger partial charge is 0.478 e. The lowest BCUT2D eigenvalue weighted by atomic mass is 9.98. The smallest absolute Gasteiger partial charge is 0.336 e. The first-order valence-electron chi connectivity index (χ1n) is 8.74. The first-order valence-corrected chi connectivity index (χ1v) is 9.12. The first-order chi connectivity index (χ1) is 13.1. The number of fused-ring (bicyclic) bond motifs is 1. The lowest BCUT2D eigenvalue weighted by molar-refractivity contribution is 0.0696. The van der Waals surface area contributed by atoms with Crippen LogP contribution in [0.3, 0.4) is 0 Å². The molecule has 3 nitrogen and oxygen atoms in total. The number of carbonyl (C=O) groups is 1. The lowest BCUT2D eigenvalue weighted by Crippen LogP contribution is -2.05. The van der Waals surface area contributed by atoms with Crippen LogP contribution in [0.2, 0.25) is 5.02 Å². The second kappa shape index (κ2) is 7.29. The summed E-state index contributed by atoms with van der Waals surface area (Å²) in [6, 6.07) is 23.6. The van der Waals surface area contributed by atoms with Crippen molar-refractivity contribution < 1.29 is 9.90 Å². The molecule has 0 saturated carbocycles. The van der Waals surface area contributed by atoms with Crippen molar-refractivity contribution in [1.82, 2.24) is 4.57 Å². The summed E-state index contributed by atoms with van der Waals surface area (Å²) in [4.78, 5) is 11.6. The van der Waals surface area contributed by atoms with Crippen LogP contribution in [0.15, 0.2) is 79.0 Å². The van der Waals surface area contributed by atoms with E-state index in [0.29, 0.717) is 11.4 Å². The van der Waals surface area contributed by atoms with Crippen molar-refractivity contribution in [3.8, 4) is 0 Å². The molecular formula is C23H18ClNO2. The third kappa shape index (κ3) is 3.60. The number of hydrogen-bond acceptors (Lipinski definition) is 1. The molecule has 0 atom stereocenters. The number of benzene rings is 3. The Morgan fingerprint density at radius 1 is 0.926 bits per heavy atom. The van der Waals surface area contributed by atoms with E-state index in [9.17, 15) is 9.90 Å². The van der Waals surface area contributed by atoms with Gasteiger partial charge in [0.05, 0.1) is 11.1 Å². The van der Waals surface area contributed by atoms with E-state index >= 15 is 0 Å². The fourth-order valence-corrected chi connectivity index (χ4v) is 3.67. The number of aromatic nitrogens is 1. The van der Waals surface area contributed by atoms with Crippen LogP contribution >= 0.6 is 11.6 Å². The average Bonchev–Trinajstić information content (AvgIpc) is 3.08. The highest BCUT2D eigenvalue weighted by Crippen LogP contribution is 2.26. The van der Waals surface area contributed by atoms with Gasteiger partial charge in [-0.05, 0) is 40.3 Å². The molecule has 0 amide bonds. The third-order valence-corrected chi connectivity index (χ3v) is 4.99. The summed E-state index contributed by atoms with van der Waals surface area (Å²) in [5.74, 6) is -0.959. The fourth-order valence-electron chi connectivity index (χ4n) is 3.50. The Balaban J connectivity index is 1.77. The van der Waals surface area contributed by atoms with Gasteiger partial charge in [-0.1, -0.05) is 66.2 Å². The molecule has 4 aromatic rings. The maximum atomic E-state index is 11.6. The predicted molar refractivity (Wildman–Crippen MR) is 109 cm³/mol. The summed E-state index contributed by atoms with van der Waals surface area (Å²) >= 11 is 5.99. The molecule has 0 aliphatic heterocycles. The number of nitrogens with zero attached hydrogens (tertiary/aromatic N) is 1. The van der Waals surface area contributed by atoms with Gasteiger partial charge in [0, 0.05) is 24.2 Å². The maximum absolute atomic E-state index is 11.6. The van der Waals surface area contributed by atoms with Crippen LogP contribution in [0.25, 0.3) is 10.9 Å². The molecule has 3 aromatic carbocycles. The van der Waals surface area contributed by atoms with Crippen LogP contribution in [-0.4, -0.2) is 15.6 Å². The summed E-state index contributed by atoms with van der Waals surface area (Å²) in [7, 11) is 0. The molecule has 0 saturated heterocycles. The second-order valence-electron chi connectivity index (χ2n) is 6.57. The van der Waals surface area contributed by atoms with Crippen LogP contribution in [0.4, 0.5) is 0 Å². The van der Waals surface area contributed by atoms with Gasteiger partial charge in [0.25, 0.3) is 0 Å². The van der Waals surface area contributed by atoms with Gasteiger partial charge in [-0.15, -0.1) is 0 Å². The van der Waals surface area contributed by atoms with Gasteiger partial charge in [-0.2, -0.15) is 0 Å². The minimum Gasteiger partial charge on any atom is -0.478 e. The summed E-state index contributed by atoms with van der Waals surface area (Å²) in [6.07, 6.45) is 2.62. The summed E-state index contributed by atoms with van der Waals surface area (Å²) in [6.45, 7) is 0.772. The third-order valence-electron chi connectivity index (χ3n) is 4.75. The van der Waals surface area contributed by atoms with Crippen LogP contribution in [-0.2, 0) is 13.0 Å². The zero-order valence-electron chi connectivity index (χ0n) is 14.6. The monoisotopic (exact) mass is 375 g/mol. The molecule has 4 heteroatoms. The van der Waals surface area contributed by atoms with Crippen molar-refractivity contribution >= 4 is 28.5 Å². The average molecular weight is 376 g/mol. The van der Waals surface area contributed by atoms with E-state index in [2.05, 4.69) is 41.1 Å². The second-order valence-corrected chi connectivity index (χ2v) is 7.00. The first kappa shape index (κ1) is 17.4. The minimum atomic E-state index is -0.959. The molecule has 0 fully saturated rings. The van der Waals surface area contributed by atoms with Gasteiger partial charge in [-0.3, -0.25) is 0 Å². The molecular weight excluding hydrogens is 358 g/mol. The van der Waals surface area contributed by atoms with Crippen molar-refractivity contribution in [2.45, 2.75) is 13.0 Å². The Morgan fingerprint density at radius 3 is 2.52 bits per heavy atom. The molecule has 1 heterocycles. The molecule has 4 rings (SSSR count). The number of rotatable bonds is 5. The predicted octanol–water partition coefficient (Wildman–Crippen LogP) is 5.63. The minimum absolute atomic E-state index is 0.251. The number of para-hydroxylation sites is 1. The van der Waals surface area contributed by atoms with E-state index in [1.807, 2.05) is 24.3 Å². The summed E-state index contributed by atoms with van der Waals surface area (Å²) in [5, 5.41) is 11.1. The van der Waals surface area contributed by atoms with Crippen LogP contribution in [0.1, 0.15) is 27.0 Å². The van der Waals surface area contributed by atoms with E-state index < -0.39 is 5.97 Å². The van der Waals surface area contributed by atoms with Crippen molar-refractivity contribution in [3.05, 3.63) is 106 Å². The Bertz CT molecular complexity index is 1120. The molecule has 27 heavy (non-hydrogen) atoms. The Hall–Kier alpha value is -3.04. The molecule has 0 bridgehead atoms. The van der Waals surface area contributed by atoms with E-state index in [-0.39, 0.29) is 5.56 Å². The van der Waals surface area contributed by atoms with Gasteiger partial charge in [0.2, 0.25) is 0 Å². The topological polar surface area (TPSA) is 42.2 Å². The number of carboxylic acids is 1. The van der Waals surface area contributed by atoms with Crippen LogP contribution in [0, 0.1) is 0 Å². The van der Waals surface area contributed by atoms with Gasteiger partial charge in [0.1, 0.15) is 0 Å². The molecule has 1 aromatic heterocycles. The van der Waals surface area contributed by atoms with E-state index in [1.165, 1.54) is 11.6 Å². The quantitative estimate of drug-likeness (QED) is 0.491. The maximum Gasteiger partial charge on any atom is 0.336 e. The molecule has 0 aliphatic carbocycles. The Kier molecular flexibility index (Phi) is 4.69. The van der Waals surface area contributed by atoms with Crippen LogP contribution < -0.4 is 0 Å². The normalized spacial score (nSPS) is 11.0. The van der Waals surface area contributed by atoms with Gasteiger partial charge < -0.3 is 9.67 Å². The van der Waals surface area contributed by atoms with Crippen molar-refractivity contribution in [2.24, 2.45) is 0 Å². The standard InChI is InChI=1S/C23H18ClNO2/c24-20-10-9-18(21(14-20)23(26)27)13-19-8-4-7-17-11-12-25(22(17)19)15-16-5-2-1-3-6-16/h1-12,14H,13,15H2,(H,26,27). The number of hydrogen-bond donors (Lipinski definition) is 1. The number of aromatic carboxylic acids is 1.